The van der Waals surface area contributed by atoms with Gasteiger partial charge in [0.1, 0.15) is 5.44 Å². The Balaban J connectivity index is 1.13. The third-order valence-electron chi connectivity index (χ3n) is 6.02. The standard InChI is InChI=1S/C28H28O3S/c1-29-28-27(31-18-21-11-13-23-7-3-5-9-25(23)15-21)16-26(32-28)19-30-17-20-10-12-22-6-2-4-8-24(22)14-20/h2-15,26-28H,16-19H2,1H3/t26-,27-,28?/m0/s1. The van der Waals surface area contributed by atoms with E-state index in [1.54, 1.807) is 7.11 Å². The lowest BCUT2D eigenvalue weighted by molar-refractivity contribution is -0.0249. The van der Waals surface area contributed by atoms with Gasteiger partial charge in [0.25, 0.3) is 0 Å². The number of hydrogen-bond acceptors (Lipinski definition) is 4. The van der Waals surface area contributed by atoms with E-state index in [0.29, 0.717) is 25.1 Å². The fraction of sp³-hybridized carbons (Fsp3) is 0.286. The number of fused-ring (bicyclic) bond motifs is 2. The van der Waals surface area contributed by atoms with Crippen molar-refractivity contribution in [3.8, 4) is 0 Å². The molecule has 4 aromatic rings. The molecule has 1 saturated heterocycles. The van der Waals surface area contributed by atoms with Crippen molar-refractivity contribution in [1.82, 2.24) is 0 Å². The molecule has 0 N–H and O–H groups in total. The molecule has 164 valence electrons. The fourth-order valence-corrected chi connectivity index (χ4v) is 5.66. The summed E-state index contributed by atoms with van der Waals surface area (Å²) in [5.41, 5.74) is 2.45. The van der Waals surface area contributed by atoms with Crippen LogP contribution in [0.25, 0.3) is 21.5 Å². The summed E-state index contributed by atoms with van der Waals surface area (Å²) in [6.45, 7) is 1.93. The summed E-state index contributed by atoms with van der Waals surface area (Å²) in [6.07, 6.45) is 1.01. The number of methoxy groups -OCH3 is 1. The Labute approximate surface area is 193 Å². The lowest BCUT2D eigenvalue weighted by atomic mass is 10.1. The molecule has 3 atom stereocenters. The minimum absolute atomic E-state index is 0.0460. The van der Waals surface area contributed by atoms with Crippen LogP contribution < -0.4 is 0 Å². The van der Waals surface area contributed by atoms with E-state index in [1.165, 1.54) is 32.7 Å². The zero-order chi connectivity index (χ0) is 21.8. The molecule has 3 nitrogen and oxygen atoms in total. The highest BCUT2D eigenvalue weighted by Gasteiger charge is 2.36. The van der Waals surface area contributed by atoms with Crippen LogP contribution in [0.15, 0.2) is 84.9 Å². The van der Waals surface area contributed by atoms with Gasteiger partial charge in [-0.1, -0.05) is 72.8 Å². The molecule has 1 aliphatic rings. The summed E-state index contributed by atoms with van der Waals surface area (Å²) in [6, 6.07) is 29.9. The third kappa shape index (κ3) is 5.00. The smallest absolute Gasteiger partial charge is 0.129 e. The highest BCUT2D eigenvalue weighted by Crippen LogP contribution is 2.37. The summed E-state index contributed by atoms with van der Waals surface area (Å²) < 4.78 is 18.1. The van der Waals surface area contributed by atoms with Crippen molar-refractivity contribution in [1.29, 1.82) is 0 Å². The van der Waals surface area contributed by atoms with Crippen molar-refractivity contribution in [3.63, 3.8) is 0 Å². The second kappa shape index (κ2) is 10.1. The fourth-order valence-electron chi connectivity index (χ4n) is 4.33. The van der Waals surface area contributed by atoms with Crippen LogP contribution >= 0.6 is 11.8 Å². The molecule has 1 heterocycles. The zero-order valence-corrected chi connectivity index (χ0v) is 19.1. The normalized spacial score (nSPS) is 20.8. The van der Waals surface area contributed by atoms with Crippen molar-refractivity contribution >= 4 is 33.3 Å². The predicted octanol–water partition coefficient (Wildman–Crippen LogP) is 6.57. The third-order valence-corrected chi connectivity index (χ3v) is 7.50. The lowest BCUT2D eigenvalue weighted by Crippen LogP contribution is -2.23. The summed E-state index contributed by atoms with van der Waals surface area (Å²) >= 11 is 1.82. The molecule has 0 aliphatic carbocycles. The Bertz CT molecular complexity index is 1190. The number of benzene rings is 4. The number of rotatable bonds is 8. The summed E-state index contributed by atoms with van der Waals surface area (Å²) in [5.74, 6) is 0. The van der Waals surface area contributed by atoms with Crippen LogP contribution in [-0.4, -0.2) is 30.5 Å². The highest BCUT2D eigenvalue weighted by atomic mass is 32.2. The summed E-state index contributed by atoms with van der Waals surface area (Å²) in [5, 5.41) is 5.40. The van der Waals surface area contributed by atoms with Gasteiger partial charge in [0, 0.05) is 12.4 Å². The Morgan fingerprint density at radius 3 is 1.97 bits per heavy atom. The topological polar surface area (TPSA) is 27.7 Å². The van der Waals surface area contributed by atoms with E-state index in [4.69, 9.17) is 14.2 Å². The molecule has 4 aromatic carbocycles. The van der Waals surface area contributed by atoms with E-state index in [2.05, 4.69) is 84.9 Å². The molecule has 32 heavy (non-hydrogen) atoms. The van der Waals surface area contributed by atoms with Gasteiger partial charge in [-0.25, -0.2) is 0 Å². The molecule has 4 heteroatoms. The van der Waals surface area contributed by atoms with Crippen molar-refractivity contribution in [2.75, 3.05) is 13.7 Å². The largest absolute Gasteiger partial charge is 0.376 e. The van der Waals surface area contributed by atoms with E-state index in [9.17, 15) is 0 Å². The van der Waals surface area contributed by atoms with E-state index >= 15 is 0 Å². The van der Waals surface area contributed by atoms with Crippen molar-refractivity contribution in [2.24, 2.45) is 0 Å². The first-order valence-corrected chi connectivity index (χ1v) is 12.1. The Morgan fingerprint density at radius 2 is 1.34 bits per heavy atom. The Hall–Kier alpha value is -2.37. The maximum atomic E-state index is 6.28. The minimum Gasteiger partial charge on any atom is -0.376 e. The SMILES string of the molecule is COC1S[C@H](COCc2ccc3ccccc3c2)C[C@@H]1OCc1ccc2ccccc2c1. The molecular weight excluding hydrogens is 416 g/mol. The summed E-state index contributed by atoms with van der Waals surface area (Å²) in [4.78, 5) is 0. The van der Waals surface area contributed by atoms with Gasteiger partial charge in [-0.05, 0) is 51.2 Å². The van der Waals surface area contributed by atoms with Crippen LogP contribution in [0, 0.1) is 0 Å². The van der Waals surface area contributed by atoms with Crippen LogP contribution in [0.2, 0.25) is 0 Å². The van der Waals surface area contributed by atoms with Gasteiger partial charge < -0.3 is 14.2 Å². The first-order valence-electron chi connectivity index (χ1n) is 11.1. The van der Waals surface area contributed by atoms with Gasteiger partial charge in [0.15, 0.2) is 0 Å². The molecule has 1 aliphatic heterocycles. The van der Waals surface area contributed by atoms with Crippen molar-refractivity contribution in [2.45, 2.75) is 36.4 Å². The highest BCUT2D eigenvalue weighted by molar-refractivity contribution is 8.00. The second-order valence-corrected chi connectivity index (χ2v) is 9.73. The molecule has 0 aromatic heterocycles. The predicted molar refractivity (Wildman–Crippen MR) is 133 cm³/mol. The molecule has 5 rings (SSSR count). The maximum Gasteiger partial charge on any atom is 0.129 e. The Morgan fingerprint density at radius 1 is 0.750 bits per heavy atom. The molecule has 0 bridgehead atoms. The molecular formula is C28H28O3S. The van der Waals surface area contributed by atoms with Crippen molar-refractivity contribution in [3.05, 3.63) is 96.1 Å². The lowest BCUT2D eigenvalue weighted by Gasteiger charge is -2.18. The van der Waals surface area contributed by atoms with Gasteiger partial charge in [0.05, 0.1) is 25.9 Å². The van der Waals surface area contributed by atoms with Crippen LogP contribution in [0.4, 0.5) is 0 Å². The first-order chi connectivity index (χ1) is 15.8. The van der Waals surface area contributed by atoms with E-state index in [1.807, 2.05) is 11.8 Å². The Kier molecular flexibility index (Phi) is 6.75. The minimum atomic E-state index is 0.0460. The van der Waals surface area contributed by atoms with E-state index in [0.717, 1.165) is 6.42 Å². The average Bonchev–Trinajstić information content (AvgIpc) is 3.24. The maximum absolute atomic E-state index is 6.28. The van der Waals surface area contributed by atoms with Crippen LogP contribution in [0.1, 0.15) is 17.5 Å². The van der Waals surface area contributed by atoms with Crippen LogP contribution in [0.3, 0.4) is 0 Å². The summed E-state index contributed by atoms with van der Waals surface area (Å²) in [7, 11) is 1.77. The monoisotopic (exact) mass is 444 g/mol. The zero-order valence-electron chi connectivity index (χ0n) is 18.3. The number of ether oxygens (including phenoxy) is 3. The molecule has 0 amide bonds. The van der Waals surface area contributed by atoms with Gasteiger partial charge >= 0.3 is 0 Å². The van der Waals surface area contributed by atoms with Gasteiger partial charge in [0.2, 0.25) is 0 Å². The molecule has 1 fully saturated rings. The van der Waals surface area contributed by atoms with E-state index < -0.39 is 0 Å². The molecule has 1 unspecified atom stereocenters. The van der Waals surface area contributed by atoms with Crippen LogP contribution in [-0.2, 0) is 27.4 Å². The first kappa shape index (κ1) is 21.5. The van der Waals surface area contributed by atoms with E-state index in [-0.39, 0.29) is 11.5 Å². The number of thioether (sulfide) groups is 1. The van der Waals surface area contributed by atoms with Crippen molar-refractivity contribution < 1.29 is 14.2 Å². The molecule has 0 radical (unpaired) electrons. The van der Waals surface area contributed by atoms with Gasteiger partial charge in [-0.2, -0.15) is 0 Å². The van der Waals surface area contributed by atoms with Crippen LogP contribution in [0.5, 0.6) is 0 Å². The molecule has 0 saturated carbocycles. The molecule has 0 spiro atoms. The van der Waals surface area contributed by atoms with Gasteiger partial charge in [-0.15, -0.1) is 11.8 Å². The quantitative estimate of drug-likeness (QED) is 0.307. The second-order valence-electron chi connectivity index (χ2n) is 8.33. The number of hydrogen-bond donors (Lipinski definition) is 0. The average molecular weight is 445 g/mol. The van der Waals surface area contributed by atoms with Gasteiger partial charge in [-0.3, -0.25) is 0 Å².